The van der Waals surface area contributed by atoms with Gasteiger partial charge in [-0.3, -0.25) is 14.5 Å². The second-order valence-electron chi connectivity index (χ2n) is 13.7. The number of aliphatic hydroxyl groups excluding tert-OH is 1. The molecule has 3 N–H and O–H groups in total. The minimum atomic E-state index is -1.94. The molecule has 1 aromatic rings. The number of fused-ring (bicyclic) bond motifs is 3. The molecular formula is C33H41NO5. The molecule has 6 rings (SSSR count). The summed E-state index contributed by atoms with van der Waals surface area (Å²) in [5.74, 6) is 0.235. The summed E-state index contributed by atoms with van der Waals surface area (Å²) in [6.07, 6.45) is 6.36. The van der Waals surface area contributed by atoms with Crippen LogP contribution < -0.4 is 0 Å². The lowest BCUT2D eigenvalue weighted by Gasteiger charge is -2.58. The van der Waals surface area contributed by atoms with E-state index < -0.39 is 28.0 Å². The third-order valence-electron chi connectivity index (χ3n) is 10.3. The number of carbonyl (C=O) groups is 2. The Kier molecular flexibility index (Phi) is 5.88. The zero-order chi connectivity index (χ0) is 28.1. The van der Waals surface area contributed by atoms with Gasteiger partial charge in [-0.15, -0.1) is 0 Å². The first-order valence-electron chi connectivity index (χ1n) is 14.5. The minimum absolute atomic E-state index is 0.0488. The lowest BCUT2D eigenvalue weighted by molar-refractivity contribution is -0.152. The van der Waals surface area contributed by atoms with Gasteiger partial charge in [-0.1, -0.05) is 26.5 Å². The molecule has 1 aromatic carbocycles. The Morgan fingerprint density at radius 1 is 1.08 bits per heavy atom. The summed E-state index contributed by atoms with van der Waals surface area (Å²) in [5.41, 5.74) is 1.19. The van der Waals surface area contributed by atoms with Gasteiger partial charge in [0.1, 0.15) is 17.1 Å². The summed E-state index contributed by atoms with van der Waals surface area (Å²) in [5, 5.41) is 34.0. The van der Waals surface area contributed by atoms with Crippen molar-refractivity contribution in [1.29, 1.82) is 0 Å². The first-order valence-corrected chi connectivity index (χ1v) is 14.5. The molecule has 39 heavy (non-hydrogen) atoms. The average Bonchev–Trinajstić information content (AvgIpc) is 3.75. The molecule has 0 saturated heterocycles. The highest BCUT2D eigenvalue weighted by molar-refractivity contribution is 6.24. The molecular weight excluding hydrogens is 490 g/mol. The highest BCUT2D eigenvalue weighted by Crippen LogP contribution is 2.64. The van der Waals surface area contributed by atoms with Gasteiger partial charge in [0.2, 0.25) is 5.78 Å². The molecule has 0 amide bonds. The molecule has 6 heteroatoms. The molecule has 0 radical (unpaired) electrons. The van der Waals surface area contributed by atoms with Gasteiger partial charge in [0.15, 0.2) is 11.4 Å². The second-order valence-corrected chi connectivity index (χ2v) is 13.7. The Balaban J connectivity index is 1.45. The van der Waals surface area contributed by atoms with Crippen molar-refractivity contribution in [2.24, 2.45) is 22.7 Å². The van der Waals surface area contributed by atoms with Gasteiger partial charge in [0.05, 0.1) is 0 Å². The van der Waals surface area contributed by atoms with Crippen molar-refractivity contribution in [3.05, 3.63) is 57.9 Å². The monoisotopic (exact) mass is 531 g/mol. The number of carbonyl (C=O) groups excluding carboxylic acids is 2. The molecule has 5 aliphatic rings. The van der Waals surface area contributed by atoms with Gasteiger partial charge in [-0.05, 0) is 104 Å². The third-order valence-corrected chi connectivity index (χ3v) is 10.3. The molecule has 3 atom stereocenters. The molecule has 0 bridgehead atoms. The van der Waals surface area contributed by atoms with Gasteiger partial charge >= 0.3 is 0 Å². The molecule has 0 spiro atoms. The number of hydrogen-bond acceptors (Lipinski definition) is 6. The van der Waals surface area contributed by atoms with E-state index in [4.69, 9.17) is 0 Å². The molecule has 0 unspecified atom stereocenters. The van der Waals surface area contributed by atoms with E-state index >= 15 is 0 Å². The van der Waals surface area contributed by atoms with E-state index in [-0.39, 0.29) is 23.5 Å². The van der Waals surface area contributed by atoms with E-state index in [2.05, 4.69) is 24.5 Å². The Bertz CT molecular complexity index is 1360. The number of aromatic hydroxyl groups is 1. The molecule has 2 fully saturated rings. The Morgan fingerprint density at radius 3 is 2.26 bits per heavy atom. The van der Waals surface area contributed by atoms with Crippen molar-refractivity contribution in [2.45, 2.75) is 84.8 Å². The highest BCUT2D eigenvalue weighted by Gasteiger charge is 2.65. The number of benzene rings is 1. The average molecular weight is 532 g/mol. The lowest BCUT2D eigenvalue weighted by Crippen LogP contribution is -2.62. The molecule has 0 heterocycles. The minimum Gasteiger partial charge on any atom is -0.511 e. The first-order chi connectivity index (χ1) is 18.3. The van der Waals surface area contributed by atoms with Crippen molar-refractivity contribution in [1.82, 2.24) is 4.90 Å². The maximum absolute atomic E-state index is 13.7. The van der Waals surface area contributed by atoms with Gasteiger partial charge < -0.3 is 15.3 Å². The van der Waals surface area contributed by atoms with Crippen LogP contribution in [0.1, 0.15) is 82.9 Å². The van der Waals surface area contributed by atoms with Crippen LogP contribution >= 0.6 is 0 Å². The number of Topliss-reactive ketones (excluding diaryl/α,β-unsaturated/α-hetero) is 2. The van der Waals surface area contributed by atoms with Crippen LogP contribution in [0.4, 0.5) is 0 Å². The number of hydrogen-bond donors (Lipinski definition) is 3. The van der Waals surface area contributed by atoms with Crippen LogP contribution in [0.2, 0.25) is 0 Å². The summed E-state index contributed by atoms with van der Waals surface area (Å²) in [6.45, 7) is 14.5. The lowest BCUT2D eigenvalue weighted by atomic mass is 9.46. The van der Waals surface area contributed by atoms with Crippen molar-refractivity contribution in [3.63, 3.8) is 0 Å². The first kappa shape index (κ1) is 26.5. The largest absolute Gasteiger partial charge is 0.511 e. The van der Waals surface area contributed by atoms with Crippen LogP contribution in [-0.4, -0.2) is 50.5 Å². The maximum atomic E-state index is 13.7. The molecule has 0 aromatic heterocycles. The Morgan fingerprint density at radius 2 is 1.69 bits per heavy atom. The summed E-state index contributed by atoms with van der Waals surface area (Å²) >= 11 is 0. The van der Waals surface area contributed by atoms with Gasteiger partial charge in [0.25, 0.3) is 0 Å². The van der Waals surface area contributed by atoms with Gasteiger partial charge in [0, 0.05) is 37.0 Å². The number of phenols is 1. The van der Waals surface area contributed by atoms with Crippen LogP contribution in [0.5, 0.6) is 5.75 Å². The van der Waals surface area contributed by atoms with Crippen LogP contribution in [0.25, 0.3) is 5.57 Å². The van der Waals surface area contributed by atoms with Crippen LogP contribution in [-0.2, 0) is 22.6 Å². The second kappa shape index (κ2) is 8.65. The summed E-state index contributed by atoms with van der Waals surface area (Å²) in [4.78, 5) is 28.6. The smallest absolute Gasteiger partial charge is 0.206 e. The third kappa shape index (κ3) is 3.97. The van der Waals surface area contributed by atoms with Gasteiger partial charge in [-0.25, -0.2) is 0 Å². The number of phenolic OH excluding ortho intramolecular Hbond substituents is 1. The van der Waals surface area contributed by atoms with E-state index in [1.165, 1.54) is 38.2 Å². The van der Waals surface area contributed by atoms with Crippen molar-refractivity contribution in [2.75, 3.05) is 13.1 Å². The number of nitrogens with zero attached hydrogens (tertiary/aromatic N) is 1. The van der Waals surface area contributed by atoms with Crippen LogP contribution in [0.15, 0.2) is 41.2 Å². The van der Waals surface area contributed by atoms with E-state index in [1.807, 2.05) is 6.92 Å². The van der Waals surface area contributed by atoms with Crippen molar-refractivity contribution < 1.29 is 24.9 Å². The van der Waals surface area contributed by atoms with Crippen molar-refractivity contribution in [3.8, 4) is 5.75 Å². The quantitative estimate of drug-likeness (QED) is 0.407. The number of allylic oxidation sites excluding steroid dienone is 3. The topological polar surface area (TPSA) is 98.1 Å². The number of rotatable bonds is 7. The predicted molar refractivity (Wildman–Crippen MR) is 150 cm³/mol. The zero-order valence-corrected chi connectivity index (χ0v) is 23.7. The fourth-order valence-electron chi connectivity index (χ4n) is 8.33. The molecule has 0 aliphatic heterocycles. The normalized spacial score (nSPS) is 32.4. The SMILES string of the molecule is C=C1C2=C(C)[C@@]3(O)C(=O)C(C(C)=O)=C(O)C[C@@]3(C)C[C@@]2(C)Cc2c(CN(CC3CC3)CC3CC3)ccc(O)c21. The maximum Gasteiger partial charge on any atom is 0.206 e. The fraction of sp³-hybridized carbons (Fsp3) is 0.576. The van der Waals surface area contributed by atoms with Crippen LogP contribution in [0, 0.1) is 22.7 Å². The summed E-state index contributed by atoms with van der Waals surface area (Å²) in [6, 6.07) is 3.81. The Labute approximate surface area is 231 Å². The molecule has 6 nitrogen and oxygen atoms in total. The van der Waals surface area contributed by atoms with E-state index in [0.717, 1.165) is 42.6 Å². The van der Waals surface area contributed by atoms with Crippen molar-refractivity contribution >= 4 is 17.1 Å². The van der Waals surface area contributed by atoms with E-state index in [1.54, 1.807) is 13.0 Å². The standard InChI is InChI=1S/C33H41NO5/c1-18-27-24(23(10-11-25(27)36)16-34(14-21-6-7-21)15-22-8-9-22)12-31(4)17-32(5)13-26(37)28(20(3)35)30(38)33(32,39)19(2)29(18)31/h10-11,21-22,36-37,39H,1,6-9,12-17H2,2-5H3/t31-,32+,33-/m1/s1. The molecule has 208 valence electrons. The number of aliphatic hydroxyl groups is 2. The van der Waals surface area contributed by atoms with Gasteiger partial charge in [-0.2, -0.15) is 0 Å². The van der Waals surface area contributed by atoms with E-state index in [0.29, 0.717) is 29.6 Å². The fourth-order valence-corrected chi connectivity index (χ4v) is 8.33. The molecule has 2 saturated carbocycles. The van der Waals surface area contributed by atoms with Crippen LogP contribution in [0.3, 0.4) is 0 Å². The zero-order valence-electron chi connectivity index (χ0n) is 23.7. The highest BCUT2D eigenvalue weighted by atomic mass is 16.3. The molecule has 5 aliphatic carbocycles. The summed E-state index contributed by atoms with van der Waals surface area (Å²) < 4.78 is 0. The number of ketones is 2. The Hall–Kier alpha value is -2.70. The predicted octanol–water partition coefficient (Wildman–Crippen LogP) is 5.42. The van der Waals surface area contributed by atoms with E-state index in [9.17, 15) is 24.9 Å². The summed E-state index contributed by atoms with van der Waals surface area (Å²) in [7, 11) is 0.